The number of nitrogens with zero attached hydrogens (tertiary/aromatic N) is 4. The van der Waals surface area contributed by atoms with E-state index in [0.717, 1.165) is 41.1 Å². The standard InChI is InChI=1S/C22H23N4S.CH4O4S/c1-5-26-19-14-10-9-13-18(19)20(21(26)17-11-7-6-8-12-17)23-24-22-25(4)15(2)16(3)27-22;1-5-6(2,3)4/h6-14H,5H2,1-4H3;1H3,(H,2,3,4)/q+1;/p-1. The second kappa shape index (κ2) is 10.3. The van der Waals surface area contributed by atoms with Crippen molar-refractivity contribution in [2.75, 3.05) is 7.11 Å². The molecule has 0 saturated carbocycles. The van der Waals surface area contributed by atoms with Gasteiger partial charge in [0, 0.05) is 17.5 Å². The third-order valence-corrected chi connectivity index (χ3v) is 6.84. The second-order valence-electron chi connectivity index (χ2n) is 7.18. The summed E-state index contributed by atoms with van der Waals surface area (Å²) < 4.78 is 35.4. The smallest absolute Gasteiger partial charge is 0.408 e. The molecule has 0 aliphatic carbocycles. The first-order chi connectivity index (χ1) is 15.7. The molecule has 174 valence electrons. The van der Waals surface area contributed by atoms with Gasteiger partial charge in [0.05, 0.1) is 35.4 Å². The molecule has 33 heavy (non-hydrogen) atoms. The molecule has 0 aliphatic heterocycles. The van der Waals surface area contributed by atoms with E-state index >= 15 is 0 Å². The maximum Gasteiger partial charge on any atom is 0.408 e. The van der Waals surface area contributed by atoms with Gasteiger partial charge in [-0.25, -0.2) is 13.0 Å². The molecule has 0 fully saturated rings. The van der Waals surface area contributed by atoms with Crippen LogP contribution < -0.4 is 4.57 Å². The minimum atomic E-state index is -4.41. The Morgan fingerprint density at radius 2 is 1.67 bits per heavy atom. The van der Waals surface area contributed by atoms with Gasteiger partial charge in [-0.15, -0.1) is 0 Å². The zero-order valence-electron chi connectivity index (χ0n) is 19.1. The highest BCUT2D eigenvalue weighted by Crippen LogP contribution is 2.41. The summed E-state index contributed by atoms with van der Waals surface area (Å²) in [7, 11) is -1.56. The number of para-hydroxylation sites is 1. The highest BCUT2D eigenvalue weighted by Gasteiger charge is 2.21. The van der Waals surface area contributed by atoms with Gasteiger partial charge in [-0.3, -0.25) is 4.18 Å². The molecule has 4 aromatic rings. The van der Waals surface area contributed by atoms with Crippen LogP contribution in [0.2, 0.25) is 0 Å². The summed E-state index contributed by atoms with van der Waals surface area (Å²) in [5, 5.41) is 11.4. The van der Waals surface area contributed by atoms with Crippen LogP contribution >= 0.6 is 11.3 Å². The molecule has 0 aliphatic rings. The van der Waals surface area contributed by atoms with Crippen molar-refractivity contribution in [2.45, 2.75) is 27.3 Å². The SMILES string of the molecule is CCn1c(-c2ccccc2)c(N=Nc2sc(C)c(C)[n+]2C)c2ccccc21.COS(=O)(=O)[O-]. The van der Waals surface area contributed by atoms with E-state index in [9.17, 15) is 13.0 Å². The highest BCUT2D eigenvalue weighted by molar-refractivity contribution is 7.80. The van der Waals surface area contributed by atoms with Gasteiger partial charge in [-0.2, -0.15) is 0 Å². The fraction of sp³-hybridized carbons (Fsp3) is 0.261. The van der Waals surface area contributed by atoms with Crippen LogP contribution in [0.15, 0.2) is 64.8 Å². The first-order valence-electron chi connectivity index (χ1n) is 10.2. The lowest BCUT2D eigenvalue weighted by Gasteiger charge is -2.08. The number of benzene rings is 2. The molecule has 0 saturated heterocycles. The summed E-state index contributed by atoms with van der Waals surface area (Å²) in [5.41, 5.74) is 5.63. The Morgan fingerprint density at radius 3 is 2.21 bits per heavy atom. The van der Waals surface area contributed by atoms with E-state index in [2.05, 4.69) is 87.7 Å². The molecule has 0 amide bonds. The largest absolute Gasteiger partial charge is 0.726 e. The van der Waals surface area contributed by atoms with Crippen molar-refractivity contribution in [1.29, 1.82) is 0 Å². The Bertz CT molecular complexity index is 1390. The number of hydrogen-bond donors (Lipinski definition) is 0. The minimum Gasteiger partial charge on any atom is -0.726 e. The number of thiazole rings is 1. The molecule has 2 aromatic carbocycles. The zero-order chi connectivity index (χ0) is 24.2. The first kappa shape index (κ1) is 24.7. The van der Waals surface area contributed by atoms with Gasteiger partial charge in [-0.05, 0) is 43.3 Å². The highest BCUT2D eigenvalue weighted by atomic mass is 32.3. The topological polar surface area (TPSA) is 100.0 Å². The molecule has 0 N–H and O–H groups in total. The Hall–Kier alpha value is -2.92. The average molecular weight is 487 g/mol. The Balaban J connectivity index is 0.000000454. The molecular weight excluding hydrogens is 460 g/mol. The normalized spacial score (nSPS) is 11.7. The number of aromatic nitrogens is 2. The molecule has 8 nitrogen and oxygen atoms in total. The molecule has 0 radical (unpaired) electrons. The van der Waals surface area contributed by atoms with E-state index in [1.165, 1.54) is 16.1 Å². The third kappa shape index (κ3) is 5.53. The summed E-state index contributed by atoms with van der Waals surface area (Å²) in [5.74, 6) is 0. The van der Waals surface area contributed by atoms with Crippen molar-refractivity contribution in [3.63, 3.8) is 0 Å². The number of rotatable bonds is 5. The van der Waals surface area contributed by atoms with Crippen LogP contribution in [0.1, 0.15) is 17.5 Å². The second-order valence-corrected chi connectivity index (χ2v) is 9.52. The molecule has 4 rings (SSSR count). The maximum absolute atomic E-state index is 9.22. The molecule has 2 heterocycles. The van der Waals surface area contributed by atoms with E-state index < -0.39 is 10.4 Å². The van der Waals surface area contributed by atoms with Crippen molar-refractivity contribution >= 4 is 43.5 Å². The predicted octanol–water partition coefficient (Wildman–Crippen LogP) is 5.34. The Labute approximate surface area is 197 Å². The van der Waals surface area contributed by atoms with Gasteiger partial charge >= 0.3 is 5.13 Å². The predicted molar refractivity (Wildman–Crippen MR) is 129 cm³/mol. The van der Waals surface area contributed by atoms with Crippen molar-refractivity contribution in [3.8, 4) is 11.3 Å². The Morgan fingerprint density at radius 1 is 1.06 bits per heavy atom. The molecule has 0 bridgehead atoms. The number of aryl methyl sites for hydroxylation is 2. The van der Waals surface area contributed by atoms with E-state index in [1.807, 2.05) is 13.1 Å². The fourth-order valence-electron chi connectivity index (χ4n) is 3.44. The van der Waals surface area contributed by atoms with Crippen molar-refractivity contribution < 1.29 is 21.7 Å². The lowest BCUT2D eigenvalue weighted by Crippen LogP contribution is -2.28. The molecule has 0 atom stereocenters. The number of hydrogen-bond acceptors (Lipinski definition) is 7. The van der Waals surface area contributed by atoms with Gasteiger partial charge < -0.3 is 9.12 Å². The van der Waals surface area contributed by atoms with Crippen LogP contribution in [0.4, 0.5) is 10.8 Å². The van der Waals surface area contributed by atoms with E-state index in [0.29, 0.717) is 0 Å². The summed E-state index contributed by atoms with van der Waals surface area (Å²) >= 11 is 1.68. The van der Waals surface area contributed by atoms with Gasteiger partial charge in [-0.1, -0.05) is 48.5 Å². The van der Waals surface area contributed by atoms with E-state index in [1.54, 1.807) is 11.3 Å². The molecule has 10 heteroatoms. The van der Waals surface area contributed by atoms with Crippen molar-refractivity contribution in [2.24, 2.45) is 17.3 Å². The molecule has 0 spiro atoms. The first-order valence-corrected chi connectivity index (χ1v) is 12.4. The Kier molecular flexibility index (Phi) is 7.75. The maximum atomic E-state index is 9.22. The summed E-state index contributed by atoms with van der Waals surface area (Å²) in [4.78, 5) is 1.27. The van der Waals surface area contributed by atoms with Crippen molar-refractivity contribution in [1.82, 2.24) is 4.57 Å². The number of azo groups is 1. The van der Waals surface area contributed by atoms with Crippen LogP contribution in [0.3, 0.4) is 0 Å². The van der Waals surface area contributed by atoms with Gasteiger partial charge in [0.25, 0.3) is 0 Å². The molecular formula is C23H26N4O4S2. The van der Waals surface area contributed by atoms with Gasteiger partial charge in [0.15, 0.2) is 0 Å². The molecule has 2 aromatic heterocycles. The van der Waals surface area contributed by atoms with Gasteiger partial charge in [0.1, 0.15) is 11.4 Å². The van der Waals surface area contributed by atoms with Crippen LogP contribution in [-0.4, -0.2) is 24.6 Å². The lowest BCUT2D eigenvalue weighted by molar-refractivity contribution is -0.660. The zero-order valence-corrected chi connectivity index (χ0v) is 20.8. The summed E-state index contributed by atoms with van der Waals surface area (Å²) in [6, 6.07) is 18.9. The third-order valence-electron chi connectivity index (χ3n) is 5.29. The quantitative estimate of drug-likeness (QED) is 0.164. The fourth-order valence-corrected chi connectivity index (χ4v) is 4.36. The van der Waals surface area contributed by atoms with Gasteiger partial charge in [0.2, 0.25) is 10.4 Å². The lowest BCUT2D eigenvalue weighted by atomic mass is 10.1. The van der Waals surface area contributed by atoms with Crippen LogP contribution in [0, 0.1) is 13.8 Å². The van der Waals surface area contributed by atoms with Crippen LogP contribution in [0.25, 0.3) is 22.2 Å². The van der Waals surface area contributed by atoms with Crippen molar-refractivity contribution in [3.05, 3.63) is 65.2 Å². The monoisotopic (exact) mass is 486 g/mol. The van der Waals surface area contributed by atoms with Crippen LogP contribution in [-0.2, 0) is 28.2 Å². The summed E-state index contributed by atoms with van der Waals surface area (Å²) in [6.07, 6.45) is 0. The average Bonchev–Trinajstić information content (AvgIpc) is 3.26. The van der Waals surface area contributed by atoms with E-state index in [-0.39, 0.29) is 0 Å². The number of fused-ring (bicyclic) bond motifs is 1. The van der Waals surface area contributed by atoms with E-state index in [4.69, 9.17) is 5.11 Å². The minimum absolute atomic E-state index is 0.808. The van der Waals surface area contributed by atoms with Crippen LogP contribution in [0.5, 0.6) is 0 Å². The summed E-state index contributed by atoms with van der Waals surface area (Å²) in [6.45, 7) is 7.29. The molecule has 0 unspecified atom stereocenters.